The summed E-state index contributed by atoms with van der Waals surface area (Å²) in [6.07, 6.45) is 4.18. The Kier molecular flexibility index (Phi) is 3.92. The number of pyridine rings is 1. The molecule has 0 aliphatic heterocycles. The van der Waals surface area contributed by atoms with Crippen LogP contribution in [0.4, 0.5) is 4.39 Å². The minimum atomic E-state index is -0.252. The molecule has 4 nitrogen and oxygen atoms in total. The molecule has 0 aliphatic rings. The molecule has 0 radical (unpaired) electrons. The number of aromatic nitrogens is 2. The van der Waals surface area contributed by atoms with E-state index in [9.17, 15) is 4.39 Å². The zero-order chi connectivity index (χ0) is 16.2. The predicted octanol–water partition coefficient (Wildman–Crippen LogP) is 3.49. The second-order valence-electron chi connectivity index (χ2n) is 5.01. The van der Waals surface area contributed by atoms with Gasteiger partial charge in [-0.15, -0.1) is 5.73 Å². The van der Waals surface area contributed by atoms with Gasteiger partial charge in [0, 0.05) is 23.9 Å². The molecule has 5 heteroatoms. The number of nitriles is 1. The minimum Gasteiger partial charge on any atom is -0.356 e. The van der Waals surface area contributed by atoms with E-state index in [2.05, 4.69) is 27.6 Å². The highest BCUT2D eigenvalue weighted by molar-refractivity contribution is 5.89. The molecule has 0 atom stereocenters. The lowest BCUT2D eigenvalue weighted by atomic mass is 10.1. The Morgan fingerprint density at radius 2 is 2.09 bits per heavy atom. The maximum Gasteiger partial charge on any atom is 0.181 e. The van der Waals surface area contributed by atoms with Crippen LogP contribution in [0.25, 0.3) is 16.7 Å². The molecule has 3 aromatic rings. The number of hydrogen-bond donors (Lipinski definition) is 2. The summed E-state index contributed by atoms with van der Waals surface area (Å²) in [5.74, 6) is -0.252. The molecule has 0 unspecified atom stereocenters. The second kappa shape index (κ2) is 6.18. The van der Waals surface area contributed by atoms with Crippen molar-refractivity contribution in [3.05, 3.63) is 77.5 Å². The van der Waals surface area contributed by atoms with Crippen LogP contribution >= 0.6 is 0 Å². The third-order valence-corrected chi connectivity index (χ3v) is 3.51. The normalized spacial score (nSPS) is 10.1. The third kappa shape index (κ3) is 2.98. The number of fused-ring (bicyclic) bond motifs is 1. The molecule has 2 aromatic heterocycles. The van der Waals surface area contributed by atoms with Crippen LogP contribution in [0.2, 0.25) is 0 Å². The number of hydrogen-bond acceptors (Lipinski definition) is 3. The van der Waals surface area contributed by atoms with E-state index in [1.54, 1.807) is 24.4 Å². The average Bonchev–Trinajstić information content (AvgIpc) is 2.97. The molecule has 0 saturated carbocycles. The van der Waals surface area contributed by atoms with Crippen molar-refractivity contribution in [3.8, 4) is 6.19 Å². The van der Waals surface area contributed by atoms with E-state index in [-0.39, 0.29) is 5.82 Å². The highest BCUT2D eigenvalue weighted by Crippen LogP contribution is 2.23. The predicted molar refractivity (Wildman–Crippen MR) is 86.6 cm³/mol. The zero-order valence-electron chi connectivity index (χ0n) is 12.2. The number of rotatable bonds is 4. The van der Waals surface area contributed by atoms with E-state index in [1.807, 2.05) is 12.3 Å². The van der Waals surface area contributed by atoms with E-state index >= 15 is 0 Å². The van der Waals surface area contributed by atoms with Gasteiger partial charge < -0.3 is 4.98 Å². The summed E-state index contributed by atoms with van der Waals surface area (Å²) in [6.45, 7) is 3.60. The SMILES string of the molecule is C=C=C(NC#N)c1ccnc2cc(Cc3ccc(F)cc3)[nH]c12. The van der Waals surface area contributed by atoms with Crippen molar-refractivity contribution < 1.29 is 4.39 Å². The summed E-state index contributed by atoms with van der Waals surface area (Å²) < 4.78 is 13.0. The van der Waals surface area contributed by atoms with Crippen molar-refractivity contribution in [3.63, 3.8) is 0 Å². The molecule has 0 fully saturated rings. The number of H-pyrrole nitrogens is 1. The molecule has 3 rings (SSSR count). The molecule has 0 bridgehead atoms. The van der Waals surface area contributed by atoms with E-state index in [4.69, 9.17) is 5.26 Å². The van der Waals surface area contributed by atoms with Gasteiger partial charge in [-0.2, -0.15) is 5.26 Å². The molecule has 23 heavy (non-hydrogen) atoms. The molecule has 0 aliphatic carbocycles. The third-order valence-electron chi connectivity index (χ3n) is 3.51. The number of halogens is 1. The van der Waals surface area contributed by atoms with E-state index in [0.717, 1.165) is 27.9 Å². The van der Waals surface area contributed by atoms with Gasteiger partial charge in [-0.25, -0.2) is 4.39 Å². The van der Waals surface area contributed by atoms with Crippen LogP contribution in [0.5, 0.6) is 0 Å². The first-order valence-corrected chi connectivity index (χ1v) is 6.98. The first kappa shape index (κ1) is 14.6. The molecule has 0 saturated heterocycles. The highest BCUT2D eigenvalue weighted by atomic mass is 19.1. The van der Waals surface area contributed by atoms with Crippen molar-refractivity contribution in [1.82, 2.24) is 15.3 Å². The Labute approximate surface area is 132 Å². The van der Waals surface area contributed by atoms with Gasteiger partial charge in [0.1, 0.15) is 5.82 Å². The van der Waals surface area contributed by atoms with Crippen LogP contribution in [0, 0.1) is 17.3 Å². The minimum absolute atomic E-state index is 0.252. The van der Waals surface area contributed by atoms with Gasteiger partial charge in [-0.05, 0) is 29.8 Å². The largest absolute Gasteiger partial charge is 0.356 e. The Balaban J connectivity index is 2.00. The average molecular weight is 304 g/mol. The van der Waals surface area contributed by atoms with Crippen molar-refractivity contribution in [2.75, 3.05) is 0 Å². The molecule has 2 N–H and O–H groups in total. The smallest absolute Gasteiger partial charge is 0.181 e. The van der Waals surface area contributed by atoms with Crippen LogP contribution in [0.15, 0.2) is 54.9 Å². The summed E-state index contributed by atoms with van der Waals surface area (Å²) in [7, 11) is 0. The molecule has 112 valence electrons. The lowest BCUT2D eigenvalue weighted by Gasteiger charge is -2.03. The Hall–Kier alpha value is -3.35. The topological polar surface area (TPSA) is 64.5 Å². The van der Waals surface area contributed by atoms with Gasteiger partial charge in [0.2, 0.25) is 0 Å². The van der Waals surface area contributed by atoms with E-state index in [1.165, 1.54) is 12.1 Å². The fourth-order valence-corrected chi connectivity index (χ4v) is 2.47. The zero-order valence-corrected chi connectivity index (χ0v) is 12.2. The molecule has 0 amide bonds. The summed E-state index contributed by atoms with van der Waals surface area (Å²) in [4.78, 5) is 7.64. The van der Waals surface area contributed by atoms with Gasteiger partial charge in [0.25, 0.3) is 0 Å². The van der Waals surface area contributed by atoms with Gasteiger partial charge in [0.15, 0.2) is 6.19 Å². The lowest BCUT2D eigenvalue weighted by Crippen LogP contribution is -2.03. The lowest BCUT2D eigenvalue weighted by molar-refractivity contribution is 0.627. The summed E-state index contributed by atoms with van der Waals surface area (Å²) >= 11 is 0. The van der Waals surface area contributed by atoms with E-state index < -0.39 is 0 Å². The Bertz CT molecular complexity index is 941. The summed E-state index contributed by atoms with van der Waals surface area (Å²) in [5.41, 5.74) is 7.52. The van der Waals surface area contributed by atoms with Crippen LogP contribution in [0.1, 0.15) is 16.8 Å². The number of aromatic amines is 1. The molecule has 0 spiro atoms. The number of nitrogens with zero attached hydrogens (tertiary/aromatic N) is 2. The monoisotopic (exact) mass is 304 g/mol. The summed E-state index contributed by atoms with van der Waals surface area (Å²) in [5, 5.41) is 11.4. The molecular formula is C18H13FN4. The van der Waals surface area contributed by atoms with Gasteiger partial charge in [-0.1, -0.05) is 18.7 Å². The number of benzene rings is 1. The van der Waals surface area contributed by atoms with Crippen LogP contribution in [-0.2, 0) is 6.42 Å². The number of nitrogens with one attached hydrogen (secondary N) is 2. The quantitative estimate of drug-likeness (QED) is 0.440. The van der Waals surface area contributed by atoms with Crippen LogP contribution in [-0.4, -0.2) is 9.97 Å². The van der Waals surface area contributed by atoms with Gasteiger partial charge in [-0.3, -0.25) is 10.3 Å². The van der Waals surface area contributed by atoms with Gasteiger partial charge >= 0.3 is 0 Å². The van der Waals surface area contributed by atoms with E-state index in [0.29, 0.717) is 12.1 Å². The van der Waals surface area contributed by atoms with Crippen LogP contribution in [0.3, 0.4) is 0 Å². The van der Waals surface area contributed by atoms with Crippen molar-refractivity contribution in [2.45, 2.75) is 6.42 Å². The van der Waals surface area contributed by atoms with Crippen molar-refractivity contribution in [2.24, 2.45) is 0 Å². The molecule has 1 aromatic carbocycles. The summed E-state index contributed by atoms with van der Waals surface area (Å²) in [6, 6.07) is 10.1. The van der Waals surface area contributed by atoms with Crippen molar-refractivity contribution in [1.29, 1.82) is 5.26 Å². The maximum absolute atomic E-state index is 13.0. The molecule has 2 heterocycles. The van der Waals surface area contributed by atoms with Gasteiger partial charge in [0.05, 0.1) is 16.7 Å². The first-order chi connectivity index (χ1) is 11.2. The maximum atomic E-state index is 13.0. The Morgan fingerprint density at radius 1 is 1.30 bits per heavy atom. The first-order valence-electron chi connectivity index (χ1n) is 6.98. The highest BCUT2D eigenvalue weighted by Gasteiger charge is 2.10. The van der Waals surface area contributed by atoms with Crippen LogP contribution < -0.4 is 5.32 Å². The standard InChI is InChI=1S/C18H13FN4/c1-2-16(22-11-20)15-7-8-21-17-10-14(23-18(15)17)9-12-3-5-13(19)6-4-12/h3-8,10,22-23H,1,9H2. The van der Waals surface area contributed by atoms with Crippen molar-refractivity contribution >= 4 is 16.7 Å². The Morgan fingerprint density at radius 3 is 2.78 bits per heavy atom. The fraction of sp³-hybridized carbons (Fsp3) is 0.0556. The molecular weight excluding hydrogens is 291 g/mol. The second-order valence-corrected chi connectivity index (χ2v) is 5.01. The fourth-order valence-electron chi connectivity index (χ4n) is 2.47.